The monoisotopic (exact) mass is 217 g/mol. The Morgan fingerprint density at radius 2 is 2.14 bits per heavy atom. The van der Waals surface area contributed by atoms with Crippen molar-refractivity contribution >= 4 is 12.4 Å². The first-order valence-corrected chi connectivity index (χ1v) is 4.31. The highest BCUT2D eigenvalue weighted by molar-refractivity contribution is 5.85. The Morgan fingerprint density at radius 1 is 1.50 bits per heavy atom. The molecule has 0 spiro atoms. The molecule has 0 aliphatic heterocycles. The van der Waals surface area contributed by atoms with Crippen molar-refractivity contribution < 1.29 is 9.84 Å². The average molecular weight is 218 g/mol. The highest BCUT2D eigenvalue weighted by atomic mass is 35.5. The Morgan fingerprint density at radius 3 is 2.57 bits per heavy atom. The first-order chi connectivity index (χ1) is 6.19. The lowest BCUT2D eigenvalue weighted by Crippen LogP contribution is -2.08. The molecule has 0 bridgehead atoms. The summed E-state index contributed by atoms with van der Waals surface area (Å²) < 4.78 is 4.96. The summed E-state index contributed by atoms with van der Waals surface area (Å²) in [5, 5.41) is 9.56. The second-order valence-corrected chi connectivity index (χ2v) is 2.94. The van der Waals surface area contributed by atoms with Crippen LogP contribution in [0.4, 0.5) is 0 Å². The molecule has 0 radical (unpaired) electrons. The van der Waals surface area contributed by atoms with E-state index in [1.807, 2.05) is 6.92 Å². The topological polar surface area (TPSA) is 55.5 Å². The predicted molar refractivity (Wildman–Crippen MR) is 59.1 cm³/mol. The van der Waals surface area contributed by atoms with Crippen LogP contribution in [-0.2, 0) is 0 Å². The largest absolute Gasteiger partial charge is 0.507 e. The molecule has 1 aromatic rings. The van der Waals surface area contributed by atoms with Gasteiger partial charge in [0.25, 0.3) is 0 Å². The molecule has 0 heterocycles. The van der Waals surface area contributed by atoms with Gasteiger partial charge in [0.1, 0.15) is 11.5 Å². The van der Waals surface area contributed by atoms with Crippen molar-refractivity contribution in [3.63, 3.8) is 0 Å². The van der Waals surface area contributed by atoms with Crippen molar-refractivity contribution in [3.8, 4) is 11.5 Å². The summed E-state index contributed by atoms with van der Waals surface area (Å²) >= 11 is 0. The summed E-state index contributed by atoms with van der Waals surface area (Å²) in [6.45, 7) is 1.98. The molecule has 0 amide bonds. The van der Waals surface area contributed by atoms with Crippen LogP contribution in [0.1, 0.15) is 24.9 Å². The van der Waals surface area contributed by atoms with E-state index >= 15 is 0 Å². The standard InChI is InChI=1S/C10H15NO2.ClH/c1-3-9(11)8-5-4-7(13-2)6-10(8)12;/h4-6,9,12H,3,11H2,1-2H3;1H/t9-;/m0./s1. The molecule has 0 saturated heterocycles. The van der Waals surface area contributed by atoms with Crippen molar-refractivity contribution in [2.75, 3.05) is 7.11 Å². The van der Waals surface area contributed by atoms with E-state index in [1.165, 1.54) is 0 Å². The van der Waals surface area contributed by atoms with Crippen molar-refractivity contribution in [2.45, 2.75) is 19.4 Å². The fourth-order valence-electron chi connectivity index (χ4n) is 1.18. The Labute approximate surface area is 90.3 Å². The van der Waals surface area contributed by atoms with Crippen molar-refractivity contribution in [3.05, 3.63) is 23.8 Å². The molecule has 3 N–H and O–H groups in total. The molecular weight excluding hydrogens is 202 g/mol. The third-order valence-corrected chi connectivity index (χ3v) is 2.08. The molecule has 14 heavy (non-hydrogen) atoms. The summed E-state index contributed by atoms with van der Waals surface area (Å²) in [6, 6.07) is 5.06. The zero-order chi connectivity index (χ0) is 9.84. The Hall–Kier alpha value is -0.930. The predicted octanol–water partition coefficient (Wildman–Crippen LogP) is 2.23. The van der Waals surface area contributed by atoms with Gasteiger partial charge in [-0.25, -0.2) is 0 Å². The minimum Gasteiger partial charge on any atom is -0.507 e. The molecule has 0 aliphatic carbocycles. The number of phenolic OH excluding ortho intramolecular Hbond substituents is 1. The van der Waals surface area contributed by atoms with E-state index in [1.54, 1.807) is 25.3 Å². The molecule has 1 rings (SSSR count). The second kappa shape index (κ2) is 5.73. The van der Waals surface area contributed by atoms with Crippen LogP contribution in [0.25, 0.3) is 0 Å². The number of ether oxygens (including phenoxy) is 1. The lowest BCUT2D eigenvalue weighted by molar-refractivity contribution is 0.405. The van der Waals surface area contributed by atoms with Crippen LogP contribution in [0.5, 0.6) is 11.5 Å². The maximum absolute atomic E-state index is 9.56. The lowest BCUT2D eigenvalue weighted by atomic mass is 10.0. The van der Waals surface area contributed by atoms with Gasteiger partial charge >= 0.3 is 0 Å². The number of methoxy groups -OCH3 is 1. The van der Waals surface area contributed by atoms with Crippen molar-refractivity contribution in [1.82, 2.24) is 0 Å². The molecule has 0 aromatic heterocycles. The van der Waals surface area contributed by atoms with Crippen LogP contribution in [0.15, 0.2) is 18.2 Å². The Balaban J connectivity index is 0.00000169. The zero-order valence-electron chi connectivity index (χ0n) is 8.36. The first kappa shape index (κ1) is 13.1. The number of aromatic hydroxyl groups is 1. The highest BCUT2D eigenvalue weighted by Crippen LogP contribution is 2.28. The number of phenols is 1. The molecule has 4 heteroatoms. The molecule has 0 unspecified atom stereocenters. The van der Waals surface area contributed by atoms with Gasteiger partial charge in [0.05, 0.1) is 7.11 Å². The minimum absolute atomic E-state index is 0. The molecule has 3 nitrogen and oxygen atoms in total. The summed E-state index contributed by atoms with van der Waals surface area (Å²) in [6.07, 6.45) is 0.805. The number of benzene rings is 1. The fraction of sp³-hybridized carbons (Fsp3) is 0.400. The number of hydrogen-bond donors (Lipinski definition) is 2. The van der Waals surface area contributed by atoms with E-state index in [-0.39, 0.29) is 24.2 Å². The van der Waals surface area contributed by atoms with Gasteiger partial charge in [-0.2, -0.15) is 0 Å². The van der Waals surface area contributed by atoms with Crippen LogP contribution in [0.2, 0.25) is 0 Å². The van der Waals surface area contributed by atoms with Crippen molar-refractivity contribution in [2.24, 2.45) is 5.73 Å². The van der Waals surface area contributed by atoms with Gasteiger partial charge in [-0.1, -0.05) is 13.0 Å². The molecule has 1 atom stereocenters. The van der Waals surface area contributed by atoms with Crippen molar-refractivity contribution in [1.29, 1.82) is 0 Å². The number of rotatable bonds is 3. The van der Waals surface area contributed by atoms with Gasteiger partial charge in [-0.15, -0.1) is 12.4 Å². The third-order valence-electron chi connectivity index (χ3n) is 2.08. The van der Waals surface area contributed by atoms with Crippen LogP contribution in [0, 0.1) is 0 Å². The first-order valence-electron chi connectivity index (χ1n) is 4.31. The number of nitrogens with two attached hydrogens (primary N) is 1. The molecule has 0 fully saturated rings. The SMILES string of the molecule is CC[C@H](N)c1ccc(OC)cc1O.Cl. The normalized spacial score (nSPS) is 11.6. The highest BCUT2D eigenvalue weighted by Gasteiger charge is 2.09. The maximum Gasteiger partial charge on any atom is 0.124 e. The van der Waals surface area contributed by atoms with Gasteiger partial charge in [0, 0.05) is 17.7 Å². The van der Waals surface area contributed by atoms with Gasteiger partial charge in [-0.3, -0.25) is 0 Å². The molecule has 80 valence electrons. The Kier molecular flexibility index (Phi) is 5.35. The smallest absolute Gasteiger partial charge is 0.124 e. The van der Waals surface area contributed by atoms with Gasteiger partial charge in [0.15, 0.2) is 0 Å². The zero-order valence-corrected chi connectivity index (χ0v) is 9.17. The third kappa shape index (κ3) is 2.79. The maximum atomic E-state index is 9.56. The summed E-state index contributed by atoms with van der Waals surface area (Å²) in [4.78, 5) is 0. The van der Waals surface area contributed by atoms with Gasteiger partial charge < -0.3 is 15.6 Å². The number of hydrogen-bond acceptors (Lipinski definition) is 3. The second-order valence-electron chi connectivity index (χ2n) is 2.94. The van der Waals surface area contributed by atoms with E-state index in [4.69, 9.17) is 10.5 Å². The van der Waals surface area contributed by atoms with E-state index in [2.05, 4.69) is 0 Å². The summed E-state index contributed by atoms with van der Waals surface area (Å²) in [5.74, 6) is 0.846. The molecular formula is C10H16ClNO2. The van der Waals surface area contributed by atoms with Crippen LogP contribution in [-0.4, -0.2) is 12.2 Å². The molecule has 0 saturated carbocycles. The molecule has 0 aliphatic rings. The quantitative estimate of drug-likeness (QED) is 0.817. The average Bonchev–Trinajstić information content (AvgIpc) is 2.16. The van der Waals surface area contributed by atoms with Gasteiger partial charge in [-0.05, 0) is 12.5 Å². The summed E-state index contributed by atoms with van der Waals surface area (Å²) in [5.41, 5.74) is 6.55. The van der Waals surface area contributed by atoms with Crippen LogP contribution < -0.4 is 10.5 Å². The minimum atomic E-state index is -0.106. The summed E-state index contributed by atoms with van der Waals surface area (Å²) in [7, 11) is 1.56. The van der Waals surface area contributed by atoms with Crippen LogP contribution >= 0.6 is 12.4 Å². The van der Waals surface area contributed by atoms with Crippen LogP contribution in [0.3, 0.4) is 0 Å². The lowest BCUT2D eigenvalue weighted by Gasteiger charge is -2.11. The van der Waals surface area contributed by atoms with Gasteiger partial charge in [0.2, 0.25) is 0 Å². The Bertz CT molecular complexity index is 291. The van der Waals surface area contributed by atoms with E-state index in [9.17, 15) is 5.11 Å². The van der Waals surface area contributed by atoms with E-state index in [0.29, 0.717) is 5.75 Å². The van der Waals surface area contributed by atoms with E-state index in [0.717, 1.165) is 12.0 Å². The fourth-order valence-corrected chi connectivity index (χ4v) is 1.18. The molecule has 1 aromatic carbocycles. The van der Waals surface area contributed by atoms with E-state index < -0.39 is 0 Å². The number of halogens is 1.